The highest BCUT2D eigenvalue weighted by Gasteiger charge is 2.47. The summed E-state index contributed by atoms with van der Waals surface area (Å²) in [5.41, 5.74) is 0.493. The summed E-state index contributed by atoms with van der Waals surface area (Å²) in [6.45, 7) is 1.69. The molecule has 0 aromatic carbocycles. The van der Waals surface area contributed by atoms with Gasteiger partial charge in [-0.1, -0.05) is 5.16 Å². The van der Waals surface area contributed by atoms with E-state index in [2.05, 4.69) is 24.2 Å². The molecule has 3 rings (SSSR count). The fourth-order valence-electron chi connectivity index (χ4n) is 3.38. The number of carbonyl (C=O) groups excluding carboxylic acids is 1. The molecule has 1 aliphatic heterocycles. The lowest BCUT2D eigenvalue weighted by atomic mass is 9.60. The third kappa shape index (κ3) is 2.27. The van der Waals surface area contributed by atoms with Gasteiger partial charge in [0.2, 0.25) is 5.76 Å². The lowest BCUT2D eigenvalue weighted by Gasteiger charge is -2.54. The van der Waals surface area contributed by atoms with Crippen molar-refractivity contribution >= 4 is 5.91 Å². The molecule has 0 radical (unpaired) electrons. The second kappa shape index (κ2) is 4.63. The number of piperidine rings is 1. The third-order valence-electron chi connectivity index (χ3n) is 4.83. The number of rotatable bonds is 2. The quantitative estimate of drug-likeness (QED) is 0.813. The molecule has 1 saturated carbocycles. The minimum Gasteiger partial charge on any atom is -0.351 e. The Bertz CT molecular complexity index is 439. The van der Waals surface area contributed by atoms with Crippen LogP contribution < -0.4 is 0 Å². The average Bonchev–Trinajstić information content (AvgIpc) is 2.89. The van der Waals surface area contributed by atoms with E-state index in [1.54, 1.807) is 6.07 Å². The second-order valence-electron chi connectivity index (χ2n) is 6.19. The van der Waals surface area contributed by atoms with Crippen LogP contribution in [-0.2, 0) is 0 Å². The molecule has 1 aliphatic carbocycles. The van der Waals surface area contributed by atoms with Crippen LogP contribution in [0, 0.1) is 5.41 Å². The Morgan fingerprint density at radius 2 is 2.11 bits per heavy atom. The first-order valence-corrected chi connectivity index (χ1v) is 6.96. The predicted molar refractivity (Wildman–Crippen MR) is 70.8 cm³/mol. The number of nitrogens with zero attached hydrogens (tertiary/aromatic N) is 3. The van der Waals surface area contributed by atoms with Crippen molar-refractivity contribution in [1.82, 2.24) is 15.0 Å². The molecule has 19 heavy (non-hydrogen) atoms. The van der Waals surface area contributed by atoms with Crippen molar-refractivity contribution in [3.63, 3.8) is 0 Å². The van der Waals surface area contributed by atoms with Crippen LogP contribution in [0.1, 0.15) is 36.2 Å². The first-order chi connectivity index (χ1) is 9.10. The molecule has 0 atom stereocenters. The summed E-state index contributed by atoms with van der Waals surface area (Å²) >= 11 is 0. The molecule has 0 bridgehead atoms. The van der Waals surface area contributed by atoms with Crippen molar-refractivity contribution in [2.75, 3.05) is 27.2 Å². The van der Waals surface area contributed by atoms with Crippen molar-refractivity contribution in [1.29, 1.82) is 0 Å². The third-order valence-corrected chi connectivity index (χ3v) is 4.83. The fraction of sp³-hybridized carbons (Fsp3) is 0.714. The maximum Gasteiger partial charge on any atom is 0.292 e. The average molecular weight is 263 g/mol. The van der Waals surface area contributed by atoms with Gasteiger partial charge in [0.15, 0.2) is 0 Å². The van der Waals surface area contributed by atoms with Gasteiger partial charge < -0.3 is 14.3 Å². The number of hydrogen-bond acceptors (Lipinski definition) is 4. The second-order valence-corrected chi connectivity index (χ2v) is 6.19. The van der Waals surface area contributed by atoms with Crippen LogP contribution in [0.5, 0.6) is 0 Å². The molecule has 0 unspecified atom stereocenters. The van der Waals surface area contributed by atoms with E-state index in [1.807, 2.05) is 4.90 Å². The van der Waals surface area contributed by atoms with Gasteiger partial charge in [-0.15, -0.1) is 0 Å². The molecule has 2 fully saturated rings. The van der Waals surface area contributed by atoms with Crippen LogP contribution in [0.15, 0.2) is 16.8 Å². The number of aromatic nitrogens is 1. The largest absolute Gasteiger partial charge is 0.351 e. The monoisotopic (exact) mass is 263 g/mol. The number of amides is 1. The van der Waals surface area contributed by atoms with Gasteiger partial charge in [0.05, 0.1) is 6.20 Å². The maximum atomic E-state index is 12.1. The molecule has 2 heterocycles. The van der Waals surface area contributed by atoms with Gasteiger partial charge >= 0.3 is 0 Å². The molecule has 5 heteroatoms. The van der Waals surface area contributed by atoms with Gasteiger partial charge in [-0.3, -0.25) is 4.79 Å². The summed E-state index contributed by atoms with van der Waals surface area (Å²) in [6, 6.07) is 2.37. The van der Waals surface area contributed by atoms with Crippen LogP contribution in [-0.4, -0.2) is 54.1 Å². The Balaban J connectivity index is 1.55. The summed E-state index contributed by atoms with van der Waals surface area (Å²) in [6.07, 6.45) is 6.33. The van der Waals surface area contributed by atoms with E-state index in [4.69, 9.17) is 4.52 Å². The summed E-state index contributed by atoms with van der Waals surface area (Å²) in [4.78, 5) is 16.3. The van der Waals surface area contributed by atoms with Crippen molar-refractivity contribution < 1.29 is 9.32 Å². The first-order valence-electron chi connectivity index (χ1n) is 6.96. The van der Waals surface area contributed by atoms with Gasteiger partial charge in [0.1, 0.15) is 0 Å². The van der Waals surface area contributed by atoms with Crippen LogP contribution >= 0.6 is 0 Å². The van der Waals surface area contributed by atoms with Crippen LogP contribution in [0.4, 0.5) is 0 Å². The number of likely N-dealkylation sites (tertiary alicyclic amines) is 1. The van der Waals surface area contributed by atoms with E-state index >= 15 is 0 Å². The minimum absolute atomic E-state index is 0.0177. The lowest BCUT2D eigenvalue weighted by Crippen LogP contribution is -2.54. The Kier molecular flexibility index (Phi) is 3.09. The lowest BCUT2D eigenvalue weighted by molar-refractivity contribution is -0.0238. The van der Waals surface area contributed by atoms with Gasteiger partial charge in [-0.05, 0) is 45.2 Å². The normalized spacial score (nSPS) is 22.8. The maximum absolute atomic E-state index is 12.1. The smallest absolute Gasteiger partial charge is 0.292 e. The molecular weight excluding hydrogens is 242 g/mol. The highest BCUT2D eigenvalue weighted by Crippen LogP contribution is 2.50. The molecule has 2 aliphatic rings. The molecule has 5 nitrogen and oxygen atoms in total. The highest BCUT2D eigenvalue weighted by molar-refractivity contribution is 5.91. The molecular formula is C14H21N3O2. The molecule has 1 saturated heterocycles. The molecule has 1 spiro atoms. The van der Waals surface area contributed by atoms with Crippen LogP contribution in [0.2, 0.25) is 0 Å². The van der Waals surface area contributed by atoms with Crippen molar-refractivity contribution in [3.05, 3.63) is 18.0 Å². The standard InChI is InChI=1S/C14H21N3O2/c1-16(2)11-9-14(10-11)4-7-17(8-5-14)13(18)12-3-6-15-19-12/h3,6,11H,4-5,7-10H2,1-2H3. The SMILES string of the molecule is CN(C)C1CC2(CCN(C(=O)c3ccno3)CC2)C1. The Hall–Kier alpha value is -1.36. The van der Waals surface area contributed by atoms with Gasteiger partial charge in [0.25, 0.3) is 5.91 Å². The van der Waals surface area contributed by atoms with Crippen LogP contribution in [0.3, 0.4) is 0 Å². The number of hydrogen-bond donors (Lipinski definition) is 0. The predicted octanol–water partition coefficient (Wildman–Crippen LogP) is 1.62. The summed E-state index contributed by atoms with van der Waals surface area (Å²) < 4.78 is 4.94. The van der Waals surface area contributed by atoms with E-state index in [9.17, 15) is 4.79 Å². The Morgan fingerprint density at radius 3 is 2.63 bits per heavy atom. The van der Waals surface area contributed by atoms with E-state index < -0.39 is 0 Å². The summed E-state index contributed by atoms with van der Waals surface area (Å²) in [7, 11) is 4.31. The minimum atomic E-state index is -0.0177. The Morgan fingerprint density at radius 1 is 1.42 bits per heavy atom. The zero-order valence-corrected chi connectivity index (χ0v) is 11.6. The van der Waals surface area contributed by atoms with Crippen molar-refractivity contribution in [2.24, 2.45) is 5.41 Å². The fourth-order valence-corrected chi connectivity index (χ4v) is 3.38. The zero-order valence-electron chi connectivity index (χ0n) is 11.6. The highest BCUT2D eigenvalue weighted by atomic mass is 16.5. The van der Waals surface area contributed by atoms with E-state index in [-0.39, 0.29) is 5.91 Å². The summed E-state index contributed by atoms with van der Waals surface area (Å²) in [5, 5.41) is 3.60. The van der Waals surface area contributed by atoms with E-state index in [1.165, 1.54) is 19.0 Å². The van der Waals surface area contributed by atoms with E-state index in [0.717, 1.165) is 32.0 Å². The number of carbonyl (C=O) groups is 1. The van der Waals surface area contributed by atoms with Gasteiger partial charge in [0, 0.05) is 25.2 Å². The van der Waals surface area contributed by atoms with Crippen LogP contribution in [0.25, 0.3) is 0 Å². The van der Waals surface area contributed by atoms with Crippen molar-refractivity contribution in [2.45, 2.75) is 31.7 Å². The van der Waals surface area contributed by atoms with Gasteiger partial charge in [-0.2, -0.15) is 0 Å². The van der Waals surface area contributed by atoms with E-state index in [0.29, 0.717) is 11.2 Å². The molecule has 1 amide bonds. The zero-order chi connectivity index (χ0) is 13.5. The van der Waals surface area contributed by atoms with Gasteiger partial charge in [-0.25, -0.2) is 0 Å². The Labute approximate surface area is 113 Å². The van der Waals surface area contributed by atoms with Crippen molar-refractivity contribution in [3.8, 4) is 0 Å². The molecule has 1 aromatic rings. The molecule has 104 valence electrons. The molecule has 1 aromatic heterocycles. The topological polar surface area (TPSA) is 49.6 Å². The molecule has 0 N–H and O–H groups in total. The first kappa shape index (κ1) is 12.7. The summed E-state index contributed by atoms with van der Waals surface area (Å²) in [5.74, 6) is 0.339.